The highest BCUT2D eigenvalue weighted by molar-refractivity contribution is 9.18. The van der Waals surface area contributed by atoms with Gasteiger partial charge in [0, 0.05) is 24.7 Å². The van der Waals surface area contributed by atoms with Crippen LogP contribution in [0.15, 0.2) is 4.99 Å². The number of hydrogen-bond acceptors (Lipinski definition) is 1. The zero-order valence-corrected chi connectivity index (χ0v) is 11.9. The maximum absolute atomic E-state index is 4.41. The molecular formula is C9H19Br2N2+. The highest BCUT2D eigenvalue weighted by Gasteiger charge is 2.04. The first-order chi connectivity index (χ1) is 5.95. The molecule has 0 heterocycles. The molecule has 0 aromatic carbocycles. The molecule has 0 radical (unpaired) electrons. The third kappa shape index (κ3) is 10.5. The van der Waals surface area contributed by atoms with Gasteiger partial charge in [0.1, 0.15) is 0 Å². The Hall–Kier alpha value is 0.590. The fourth-order valence-corrected chi connectivity index (χ4v) is 2.19. The van der Waals surface area contributed by atoms with Gasteiger partial charge in [0.15, 0.2) is 0 Å². The molecule has 0 aliphatic heterocycles. The fraction of sp³-hybridized carbons (Fsp3) is 0.889. The van der Waals surface area contributed by atoms with Crippen molar-refractivity contribution in [1.82, 2.24) is 0 Å². The summed E-state index contributed by atoms with van der Waals surface area (Å²) in [6.07, 6.45) is 2.14. The van der Waals surface area contributed by atoms with Crippen molar-refractivity contribution in [2.24, 2.45) is 4.99 Å². The van der Waals surface area contributed by atoms with E-state index < -0.39 is 0 Å². The zero-order valence-electron chi connectivity index (χ0n) is 8.69. The van der Waals surface area contributed by atoms with Gasteiger partial charge in [0.2, 0.25) is 0 Å². The Morgan fingerprint density at radius 1 is 1.31 bits per heavy atom. The van der Waals surface area contributed by atoms with Crippen molar-refractivity contribution in [2.75, 3.05) is 39.6 Å². The first kappa shape index (κ1) is 13.6. The molecule has 0 N–H and O–H groups in total. The molecule has 0 unspecified atom stereocenters. The van der Waals surface area contributed by atoms with E-state index >= 15 is 0 Å². The maximum Gasteiger partial charge on any atom is 0.0798 e. The number of aliphatic imine (C=N–C) groups is 1. The van der Waals surface area contributed by atoms with Gasteiger partial charge in [-0.2, -0.15) is 0 Å². The molecule has 0 fully saturated rings. The summed E-state index contributed by atoms with van der Waals surface area (Å²) in [6, 6.07) is 0. The Morgan fingerprint density at radius 2 is 1.92 bits per heavy atom. The number of halogens is 2. The van der Waals surface area contributed by atoms with Crippen LogP contribution in [-0.2, 0) is 0 Å². The summed E-state index contributed by atoms with van der Waals surface area (Å²) in [5, 5.41) is 0.979. The smallest absolute Gasteiger partial charge is 0.0798 e. The molecule has 0 saturated heterocycles. The van der Waals surface area contributed by atoms with Gasteiger partial charge in [0.25, 0.3) is 0 Å². The monoisotopic (exact) mass is 313 g/mol. The molecule has 0 aromatic heterocycles. The molecule has 0 rings (SSSR count). The van der Waals surface area contributed by atoms with Gasteiger partial charge in [0.05, 0.1) is 32.3 Å². The Bertz CT molecular complexity index is 161. The summed E-state index contributed by atoms with van der Waals surface area (Å²) in [4.78, 5) is 4.41. The van der Waals surface area contributed by atoms with E-state index in [0.29, 0.717) is 0 Å². The summed E-state index contributed by atoms with van der Waals surface area (Å²) >= 11 is 6.81. The van der Waals surface area contributed by atoms with Crippen LogP contribution in [-0.4, -0.2) is 48.7 Å². The third-order valence-electron chi connectivity index (χ3n) is 1.57. The van der Waals surface area contributed by atoms with Crippen LogP contribution >= 0.6 is 31.9 Å². The van der Waals surface area contributed by atoms with Crippen LogP contribution in [0.25, 0.3) is 0 Å². The molecule has 0 spiro atoms. The third-order valence-corrected chi connectivity index (χ3v) is 2.61. The summed E-state index contributed by atoms with van der Waals surface area (Å²) in [6.45, 7) is 2.11. The van der Waals surface area contributed by atoms with Gasteiger partial charge >= 0.3 is 0 Å². The Labute approximate surface area is 98.3 Å². The van der Waals surface area contributed by atoms with Gasteiger partial charge in [-0.1, -0.05) is 15.9 Å². The molecule has 0 amide bonds. The molecule has 0 aliphatic rings. The molecule has 2 nitrogen and oxygen atoms in total. The standard InChI is InChI=1S/C9H19Br2N2/c1-13(2,3)8-4-7-12-9(11)5-6-10/h4-8H2,1-3H3/q+1. The van der Waals surface area contributed by atoms with E-state index in [2.05, 4.69) is 58.0 Å². The van der Waals surface area contributed by atoms with Crippen molar-refractivity contribution in [3.63, 3.8) is 0 Å². The highest BCUT2D eigenvalue weighted by Crippen LogP contribution is 2.01. The quantitative estimate of drug-likeness (QED) is 0.309. The maximum atomic E-state index is 4.41. The molecule has 0 saturated carbocycles. The molecule has 0 aliphatic carbocycles. The minimum Gasteiger partial charge on any atom is -0.331 e. The van der Waals surface area contributed by atoms with Crippen LogP contribution < -0.4 is 0 Å². The summed E-state index contributed by atoms with van der Waals surface area (Å²) in [5.74, 6) is 0. The van der Waals surface area contributed by atoms with E-state index in [-0.39, 0.29) is 0 Å². The van der Waals surface area contributed by atoms with E-state index in [1.165, 1.54) is 6.54 Å². The van der Waals surface area contributed by atoms with Crippen LogP contribution in [0.2, 0.25) is 0 Å². The fourth-order valence-electron chi connectivity index (χ4n) is 0.902. The molecule has 0 aromatic rings. The number of hydrogen-bond donors (Lipinski definition) is 0. The largest absolute Gasteiger partial charge is 0.331 e. The molecule has 78 valence electrons. The zero-order chi connectivity index (χ0) is 10.3. The SMILES string of the molecule is C[N+](C)(C)CCCN=C(Br)CCBr. The van der Waals surface area contributed by atoms with E-state index in [9.17, 15) is 0 Å². The lowest BCUT2D eigenvalue weighted by Crippen LogP contribution is -2.35. The second-order valence-corrected chi connectivity index (χ2v) is 5.77. The summed E-state index contributed by atoms with van der Waals surface area (Å²) < 4.78 is 2.09. The van der Waals surface area contributed by atoms with Gasteiger partial charge in [-0.05, 0) is 15.9 Å². The average Bonchev–Trinajstić information content (AvgIpc) is 1.97. The van der Waals surface area contributed by atoms with Gasteiger partial charge in [-0.25, -0.2) is 0 Å². The van der Waals surface area contributed by atoms with Crippen LogP contribution in [0.3, 0.4) is 0 Å². The highest BCUT2D eigenvalue weighted by atomic mass is 79.9. The molecule has 0 bridgehead atoms. The van der Waals surface area contributed by atoms with E-state index in [4.69, 9.17) is 0 Å². The van der Waals surface area contributed by atoms with Crippen LogP contribution in [0.1, 0.15) is 12.8 Å². The summed E-state index contributed by atoms with van der Waals surface area (Å²) in [5.41, 5.74) is 0. The van der Waals surface area contributed by atoms with Crippen LogP contribution in [0.5, 0.6) is 0 Å². The number of nitrogens with zero attached hydrogens (tertiary/aromatic N) is 2. The lowest BCUT2D eigenvalue weighted by molar-refractivity contribution is -0.870. The molecule has 4 heteroatoms. The van der Waals surface area contributed by atoms with Crippen LogP contribution in [0.4, 0.5) is 0 Å². The van der Waals surface area contributed by atoms with Crippen molar-refractivity contribution < 1.29 is 4.48 Å². The number of alkyl halides is 1. The second-order valence-electron chi connectivity index (χ2n) is 4.06. The van der Waals surface area contributed by atoms with Crippen molar-refractivity contribution in [2.45, 2.75) is 12.8 Å². The number of rotatable bonds is 6. The van der Waals surface area contributed by atoms with Crippen molar-refractivity contribution in [1.29, 1.82) is 0 Å². The van der Waals surface area contributed by atoms with Gasteiger partial charge in [-0.3, -0.25) is 4.99 Å². The molecular weight excluding hydrogens is 296 g/mol. The summed E-state index contributed by atoms with van der Waals surface area (Å²) in [7, 11) is 6.62. The van der Waals surface area contributed by atoms with E-state index in [1.54, 1.807) is 0 Å². The first-order valence-electron chi connectivity index (χ1n) is 4.51. The predicted molar refractivity (Wildman–Crippen MR) is 67.2 cm³/mol. The minimum atomic E-state index is 0.934. The lowest BCUT2D eigenvalue weighted by atomic mass is 10.4. The second kappa shape index (κ2) is 6.96. The minimum absolute atomic E-state index is 0.934. The van der Waals surface area contributed by atoms with Crippen molar-refractivity contribution in [3.8, 4) is 0 Å². The molecule has 0 atom stereocenters. The Kier molecular flexibility index (Phi) is 7.27. The van der Waals surface area contributed by atoms with E-state index in [0.717, 1.165) is 33.8 Å². The first-order valence-corrected chi connectivity index (χ1v) is 6.42. The van der Waals surface area contributed by atoms with Gasteiger partial charge < -0.3 is 4.48 Å². The Morgan fingerprint density at radius 3 is 2.38 bits per heavy atom. The van der Waals surface area contributed by atoms with Crippen molar-refractivity contribution >= 4 is 36.5 Å². The normalized spacial score (nSPS) is 13.5. The van der Waals surface area contributed by atoms with Gasteiger partial charge in [-0.15, -0.1) is 0 Å². The van der Waals surface area contributed by atoms with Crippen molar-refractivity contribution in [3.05, 3.63) is 0 Å². The molecule has 13 heavy (non-hydrogen) atoms. The Balaban J connectivity index is 3.50. The average molecular weight is 315 g/mol. The predicted octanol–water partition coefficient (Wildman–Crippen LogP) is 2.66. The van der Waals surface area contributed by atoms with E-state index in [1.807, 2.05) is 0 Å². The number of quaternary nitrogens is 1. The topological polar surface area (TPSA) is 12.4 Å². The lowest BCUT2D eigenvalue weighted by Gasteiger charge is -2.23. The van der Waals surface area contributed by atoms with Crippen LogP contribution in [0, 0.1) is 0 Å².